The maximum Gasteiger partial charge on any atom is 0.253 e. The van der Waals surface area contributed by atoms with E-state index in [2.05, 4.69) is 32.6 Å². The van der Waals surface area contributed by atoms with Gasteiger partial charge < -0.3 is 10.0 Å². The Morgan fingerprint density at radius 2 is 2.05 bits per heavy atom. The first-order valence-corrected chi connectivity index (χ1v) is 6.79. The van der Waals surface area contributed by atoms with Crippen molar-refractivity contribution in [3.05, 3.63) is 35.4 Å². The number of aliphatic hydroxyl groups excluding tert-OH is 1. The summed E-state index contributed by atoms with van der Waals surface area (Å²) in [5.41, 5.74) is 1.52. The maximum absolute atomic E-state index is 12.3. The highest BCUT2D eigenvalue weighted by atomic mass is 16.2. The predicted molar refractivity (Wildman–Crippen MR) is 81.4 cm³/mol. The molecule has 0 aromatic heterocycles. The number of carbonyl (C=O) groups excluding carboxylic acids is 1. The highest BCUT2D eigenvalue weighted by Crippen LogP contribution is 2.16. The van der Waals surface area contributed by atoms with Crippen molar-refractivity contribution in [2.24, 2.45) is 5.41 Å². The molecule has 108 valence electrons. The number of nitrogens with zero attached hydrogens (tertiary/aromatic N) is 1. The minimum absolute atomic E-state index is 0.00531. The van der Waals surface area contributed by atoms with E-state index in [9.17, 15) is 4.79 Å². The van der Waals surface area contributed by atoms with Crippen LogP contribution in [0, 0.1) is 17.3 Å². The number of carbonyl (C=O) groups is 1. The smallest absolute Gasteiger partial charge is 0.253 e. The van der Waals surface area contributed by atoms with Crippen LogP contribution in [0.25, 0.3) is 0 Å². The second-order valence-corrected chi connectivity index (χ2v) is 6.08. The molecule has 0 aliphatic heterocycles. The van der Waals surface area contributed by atoms with Crippen LogP contribution in [0.3, 0.4) is 0 Å². The maximum atomic E-state index is 12.3. The minimum Gasteiger partial charge on any atom is -0.395 e. The third kappa shape index (κ3) is 5.46. The van der Waals surface area contributed by atoms with Crippen LogP contribution in [0.5, 0.6) is 0 Å². The molecular weight excluding hydrogens is 250 g/mol. The molecule has 1 aromatic carbocycles. The van der Waals surface area contributed by atoms with Crippen molar-refractivity contribution in [1.82, 2.24) is 4.90 Å². The van der Waals surface area contributed by atoms with Crippen molar-refractivity contribution in [2.45, 2.75) is 27.2 Å². The fourth-order valence-corrected chi connectivity index (χ4v) is 1.95. The largest absolute Gasteiger partial charge is 0.395 e. The molecule has 1 aromatic rings. The molecule has 1 rings (SSSR count). The Labute approximate surface area is 121 Å². The van der Waals surface area contributed by atoms with Crippen LogP contribution in [0.15, 0.2) is 24.3 Å². The molecule has 0 aliphatic carbocycles. The lowest BCUT2D eigenvalue weighted by Gasteiger charge is -2.26. The van der Waals surface area contributed by atoms with Gasteiger partial charge >= 0.3 is 0 Å². The molecule has 0 saturated carbocycles. The van der Waals surface area contributed by atoms with E-state index in [0.29, 0.717) is 18.5 Å². The summed E-state index contributed by atoms with van der Waals surface area (Å²) in [6.45, 7) is 7.07. The summed E-state index contributed by atoms with van der Waals surface area (Å²) in [7, 11) is 1.82. The highest BCUT2D eigenvalue weighted by molar-refractivity contribution is 5.94. The van der Waals surface area contributed by atoms with Crippen LogP contribution in [0.1, 0.15) is 43.1 Å². The van der Waals surface area contributed by atoms with Crippen LogP contribution in [-0.4, -0.2) is 36.1 Å². The molecule has 0 saturated heterocycles. The first kappa shape index (κ1) is 16.3. The Bertz CT molecular complexity index is 518. The van der Waals surface area contributed by atoms with Crippen molar-refractivity contribution >= 4 is 5.91 Å². The van der Waals surface area contributed by atoms with Gasteiger partial charge in [-0.1, -0.05) is 38.7 Å². The summed E-state index contributed by atoms with van der Waals surface area (Å²) >= 11 is 0. The summed E-state index contributed by atoms with van der Waals surface area (Å²) in [6.07, 6.45) is 0.447. The zero-order valence-corrected chi connectivity index (χ0v) is 12.7. The monoisotopic (exact) mass is 273 g/mol. The molecule has 1 amide bonds. The van der Waals surface area contributed by atoms with Gasteiger partial charge in [0.2, 0.25) is 0 Å². The summed E-state index contributed by atoms with van der Waals surface area (Å²) in [5, 5.41) is 8.70. The SMILES string of the molecule is CN(CC(C)(C)C)C(=O)c1cccc(C#CCCO)c1. The molecule has 0 atom stereocenters. The number of hydrogen-bond donors (Lipinski definition) is 1. The lowest BCUT2D eigenvalue weighted by atomic mass is 9.96. The molecule has 0 spiro atoms. The molecule has 3 nitrogen and oxygen atoms in total. The second-order valence-electron chi connectivity index (χ2n) is 6.08. The van der Waals surface area contributed by atoms with Crippen LogP contribution in [0.2, 0.25) is 0 Å². The molecule has 0 heterocycles. The summed E-state index contributed by atoms with van der Waals surface area (Å²) in [4.78, 5) is 14.1. The Morgan fingerprint density at radius 1 is 1.35 bits per heavy atom. The molecule has 3 heteroatoms. The molecular formula is C17H23NO2. The van der Waals surface area contributed by atoms with Gasteiger partial charge in [0.15, 0.2) is 0 Å². The summed E-state index contributed by atoms with van der Waals surface area (Å²) < 4.78 is 0. The van der Waals surface area contributed by atoms with Crippen molar-refractivity contribution in [1.29, 1.82) is 0 Å². The average Bonchev–Trinajstić information content (AvgIpc) is 2.36. The molecule has 0 bridgehead atoms. The number of hydrogen-bond acceptors (Lipinski definition) is 2. The third-order valence-corrected chi connectivity index (χ3v) is 2.64. The van der Waals surface area contributed by atoms with Gasteiger partial charge in [0, 0.05) is 31.1 Å². The standard InChI is InChI=1S/C17H23NO2/c1-17(2,3)13-18(4)16(20)15-10-7-9-14(12-15)8-5-6-11-19/h7,9-10,12,19H,6,11,13H2,1-4H3. The minimum atomic E-state index is 0.00531. The Kier molecular flexibility index (Phi) is 5.79. The Morgan fingerprint density at radius 3 is 2.65 bits per heavy atom. The van der Waals surface area contributed by atoms with Crippen molar-refractivity contribution < 1.29 is 9.90 Å². The molecule has 0 aliphatic rings. The van der Waals surface area contributed by atoms with E-state index >= 15 is 0 Å². The van der Waals surface area contributed by atoms with Crippen LogP contribution < -0.4 is 0 Å². The first-order chi connectivity index (χ1) is 9.33. The Hall–Kier alpha value is -1.79. The van der Waals surface area contributed by atoms with Gasteiger partial charge in [0.1, 0.15) is 0 Å². The zero-order chi connectivity index (χ0) is 15.2. The lowest BCUT2D eigenvalue weighted by Crippen LogP contribution is -2.34. The van der Waals surface area contributed by atoms with Crippen LogP contribution in [0.4, 0.5) is 0 Å². The normalized spacial score (nSPS) is 10.7. The van der Waals surface area contributed by atoms with Crippen molar-refractivity contribution in [3.63, 3.8) is 0 Å². The van der Waals surface area contributed by atoms with E-state index in [1.54, 1.807) is 17.0 Å². The van der Waals surface area contributed by atoms with E-state index < -0.39 is 0 Å². The van der Waals surface area contributed by atoms with Crippen LogP contribution >= 0.6 is 0 Å². The van der Waals surface area contributed by atoms with Gasteiger partial charge in [-0.3, -0.25) is 4.79 Å². The zero-order valence-electron chi connectivity index (χ0n) is 12.7. The average molecular weight is 273 g/mol. The van der Waals surface area contributed by atoms with Gasteiger partial charge in [-0.25, -0.2) is 0 Å². The third-order valence-electron chi connectivity index (χ3n) is 2.64. The van der Waals surface area contributed by atoms with Gasteiger partial charge in [-0.15, -0.1) is 0 Å². The molecule has 0 fully saturated rings. The van der Waals surface area contributed by atoms with E-state index in [0.717, 1.165) is 5.56 Å². The molecule has 0 unspecified atom stereocenters. The fourth-order valence-electron chi connectivity index (χ4n) is 1.95. The molecule has 1 N–H and O–H groups in total. The van der Waals surface area contributed by atoms with E-state index in [-0.39, 0.29) is 17.9 Å². The number of amides is 1. The van der Waals surface area contributed by atoms with E-state index in [1.165, 1.54) is 0 Å². The van der Waals surface area contributed by atoms with Crippen molar-refractivity contribution in [2.75, 3.05) is 20.2 Å². The van der Waals surface area contributed by atoms with Gasteiger partial charge in [0.25, 0.3) is 5.91 Å². The Balaban J connectivity index is 2.84. The van der Waals surface area contributed by atoms with Gasteiger partial charge in [-0.2, -0.15) is 0 Å². The quantitative estimate of drug-likeness (QED) is 0.860. The summed E-state index contributed by atoms with van der Waals surface area (Å²) in [5.74, 6) is 5.81. The number of aliphatic hydroxyl groups is 1. The van der Waals surface area contributed by atoms with Gasteiger partial charge in [-0.05, 0) is 23.6 Å². The number of rotatable bonds is 3. The molecule has 20 heavy (non-hydrogen) atoms. The van der Waals surface area contributed by atoms with Gasteiger partial charge in [0.05, 0.1) is 6.61 Å². The lowest BCUT2D eigenvalue weighted by molar-refractivity contribution is 0.0745. The fraction of sp³-hybridized carbons (Fsp3) is 0.471. The van der Waals surface area contributed by atoms with Crippen LogP contribution in [-0.2, 0) is 0 Å². The van der Waals surface area contributed by atoms with E-state index in [4.69, 9.17) is 5.11 Å². The summed E-state index contributed by atoms with van der Waals surface area (Å²) in [6, 6.07) is 7.30. The predicted octanol–water partition coefficient (Wildman–Crippen LogP) is 2.54. The highest BCUT2D eigenvalue weighted by Gasteiger charge is 2.18. The number of benzene rings is 1. The topological polar surface area (TPSA) is 40.5 Å². The molecule has 0 radical (unpaired) electrons. The van der Waals surface area contributed by atoms with Crippen molar-refractivity contribution in [3.8, 4) is 11.8 Å². The first-order valence-electron chi connectivity index (χ1n) is 6.79. The van der Waals surface area contributed by atoms with E-state index in [1.807, 2.05) is 19.2 Å². The second kappa shape index (κ2) is 7.12.